The molecule has 2 aromatic rings. The van der Waals surface area contributed by atoms with E-state index < -0.39 is 5.66 Å². The number of nitrogens with zero attached hydrogens (tertiary/aromatic N) is 2. The Morgan fingerprint density at radius 2 is 1.93 bits per heavy atom. The van der Waals surface area contributed by atoms with Crippen molar-refractivity contribution in [2.45, 2.75) is 31.5 Å². The molecule has 2 aliphatic heterocycles. The number of carbonyl (C=O) groups excluding carboxylic acids is 3. The highest BCUT2D eigenvalue weighted by molar-refractivity contribution is 9.10. The van der Waals surface area contributed by atoms with Crippen molar-refractivity contribution in [1.82, 2.24) is 10.2 Å². The first-order valence-corrected chi connectivity index (χ1v) is 10.6. The van der Waals surface area contributed by atoms with Crippen molar-refractivity contribution in [3.8, 4) is 0 Å². The fraction of sp³-hybridized carbons (Fsp3) is 0.261. The van der Waals surface area contributed by atoms with Gasteiger partial charge in [0.2, 0.25) is 11.6 Å². The van der Waals surface area contributed by atoms with Crippen molar-refractivity contribution in [3.63, 3.8) is 0 Å². The van der Waals surface area contributed by atoms with Crippen LogP contribution in [0.25, 0.3) is 0 Å². The number of hydrogen-bond acceptors (Lipinski definition) is 3. The van der Waals surface area contributed by atoms with Gasteiger partial charge in [-0.2, -0.15) is 0 Å². The van der Waals surface area contributed by atoms with E-state index in [1.54, 1.807) is 30.3 Å². The SMILES string of the molecule is C=CCN1C(=O)c2ccccc2N2C(=O)CC[C@]12C(=O)N[C@@H](C)c1ccccc1Br. The van der Waals surface area contributed by atoms with E-state index in [1.165, 1.54) is 9.80 Å². The van der Waals surface area contributed by atoms with Crippen molar-refractivity contribution in [2.24, 2.45) is 0 Å². The van der Waals surface area contributed by atoms with Crippen molar-refractivity contribution in [2.75, 3.05) is 11.4 Å². The average Bonchev–Trinajstić information content (AvgIpc) is 3.09. The van der Waals surface area contributed by atoms with E-state index in [-0.39, 0.29) is 43.1 Å². The molecule has 3 amide bonds. The maximum absolute atomic E-state index is 13.7. The molecule has 2 aromatic carbocycles. The summed E-state index contributed by atoms with van der Waals surface area (Å²) in [6, 6.07) is 14.2. The first-order chi connectivity index (χ1) is 14.4. The van der Waals surface area contributed by atoms with E-state index in [0.717, 1.165) is 10.0 Å². The van der Waals surface area contributed by atoms with Crippen LogP contribution in [0, 0.1) is 0 Å². The van der Waals surface area contributed by atoms with Crippen molar-refractivity contribution in [1.29, 1.82) is 0 Å². The third-order valence-corrected chi connectivity index (χ3v) is 6.49. The van der Waals surface area contributed by atoms with Gasteiger partial charge < -0.3 is 10.2 Å². The lowest BCUT2D eigenvalue weighted by atomic mass is 9.95. The van der Waals surface area contributed by atoms with Crippen LogP contribution >= 0.6 is 15.9 Å². The number of benzene rings is 2. The van der Waals surface area contributed by atoms with E-state index in [2.05, 4.69) is 27.8 Å². The molecule has 1 N–H and O–H groups in total. The largest absolute Gasteiger partial charge is 0.346 e. The zero-order valence-electron chi connectivity index (χ0n) is 16.6. The van der Waals surface area contributed by atoms with Crippen molar-refractivity contribution in [3.05, 3.63) is 76.8 Å². The molecule has 0 saturated carbocycles. The normalized spacial score (nSPS) is 21.1. The molecule has 154 valence electrons. The summed E-state index contributed by atoms with van der Waals surface area (Å²) >= 11 is 3.52. The van der Waals surface area contributed by atoms with E-state index in [4.69, 9.17) is 0 Å². The van der Waals surface area contributed by atoms with Crippen LogP contribution in [0.1, 0.15) is 41.7 Å². The zero-order chi connectivity index (χ0) is 21.5. The Morgan fingerprint density at radius 3 is 2.67 bits per heavy atom. The second kappa shape index (κ2) is 7.72. The number of anilines is 1. The maximum atomic E-state index is 13.7. The molecule has 0 radical (unpaired) electrons. The van der Waals surface area contributed by atoms with Crippen LogP contribution in [0.2, 0.25) is 0 Å². The lowest BCUT2D eigenvalue weighted by Crippen LogP contribution is -2.70. The standard InChI is InChI=1S/C23H22BrN3O3/c1-3-14-26-21(29)17-9-5-7-11-19(17)27-20(28)12-13-23(26,27)22(30)25-15(2)16-8-4-6-10-18(16)24/h3-11,15H,1,12-14H2,2H3,(H,25,30)/t15-,23-/m0/s1. The van der Waals surface area contributed by atoms with Gasteiger partial charge in [0, 0.05) is 23.9 Å². The number of amides is 3. The second-order valence-electron chi connectivity index (χ2n) is 7.48. The van der Waals surface area contributed by atoms with Gasteiger partial charge in [-0.3, -0.25) is 19.3 Å². The lowest BCUT2D eigenvalue weighted by molar-refractivity contribution is -0.134. The van der Waals surface area contributed by atoms with Crippen molar-refractivity contribution >= 4 is 39.3 Å². The Morgan fingerprint density at radius 1 is 1.23 bits per heavy atom. The highest BCUT2D eigenvalue weighted by atomic mass is 79.9. The van der Waals surface area contributed by atoms with E-state index in [0.29, 0.717) is 11.3 Å². The van der Waals surface area contributed by atoms with Crippen LogP contribution in [-0.4, -0.2) is 34.8 Å². The minimum Gasteiger partial charge on any atom is -0.346 e. The molecule has 1 saturated heterocycles. The van der Waals surface area contributed by atoms with Crippen LogP contribution in [0.5, 0.6) is 0 Å². The zero-order valence-corrected chi connectivity index (χ0v) is 18.2. The summed E-state index contributed by atoms with van der Waals surface area (Å²) in [7, 11) is 0. The average molecular weight is 468 g/mol. The summed E-state index contributed by atoms with van der Waals surface area (Å²) in [5.74, 6) is -0.825. The number of rotatable bonds is 5. The number of carbonyl (C=O) groups is 3. The third kappa shape index (κ3) is 2.96. The molecule has 1 fully saturated rings. The number of fused-ring (bicyclic) bond motifs is 3. The van der Waals surface area contributed by atoms with Crippen LogP contribution in [-0.2, 0) is 9.59 Å². The molecule has 6 nitrogen and oxygen atoms in total. The summed E-state index contributed by atoms with van der Waals surface area (Å²) < 4.78 is 0.877. The monoisotopic (exact) mass is 467 g/mol. The van der Waals surface area contributed by atoms with Gasteiger partial charge in [-0.25, -0.2) is 0 Å². The van der Waals surface area contributed by atoms with Crippen LogP contribution in [0.4, 0.5) is 5.69 Å². The lowest BCUT2D eigenvalue weighted by Gasteiger charge is -2.49. The van der Waals surface area contributed by atoms with Gasteiger partial charge in [-0.05, 0) is 30.7 Å². The quantitative estimate of drug-likeness (QED) is 0.679. The first-order valence-electron chi connectivity index (χ1n) is 9.82. The Bertz CT molecular complexity index is 1050. The van der Waals surface area contributed by atoms with Gasteiger partial charge >= 0.3 is 0 Å². The smallest absolute Gasteiger partial charge is 0.267 e. The van der Waals surface area contributed by atoms with Crippen LogP contribution < -0.4 is 10.2 Å². The van der Waals surface area contributed by atoms with Gasteiger partial charge in [0.1, 0.15) is 0 Å². The molecule has 0 unspecified atom stereocenters. The number of hydrogen-bond donors (Lipinski definition) is 1. The predicted molar refractivity (Wildman–Crippen MR) is 118 cm³/mol. The van der Waals surface area contributed by atoms with Gasteiger partial charge in [-0.1, -0.05) is 52.3 Å². The summed E-state index contributed by atoms with van der Waals surface area (Å²) in [6.45, 7) is 5.80. The summed E-state index contributed by atoms with van der Waals surface area (Å²) in [6.07, 6.45) is 2.00. The first kappa shape index (κ1) is 20.3. The number of nitrogens with one attached hydrogen (secondary N) is 1. The van der Waals surface area contributed by atoms with Gasteiger partial charge in [0.15, 0.2) is 0 Å². The van der Waals surface area contributed by atoms with Gasteiger partial charge in [-0.15, -0.1) is 6.58 Å². The molecule has 0 aromatic heterocycles. The van der Waals surface area contributed by atoms with E-state index in [1.807, 2.05) is 31.2 Å². The van der Waals surface area contributed by atoms with E-state index >= 15 is 0 Å². The van der Waals surface area contributed by atoms with Crippen LogP contribution in [0.3, 0.4) is 0 Å². The minimum atomic E-state index is -1.41. The predicted octanol–water partition coefficient (Wildman–Crippen LogP) is 3.79. The highest BCUT2D eigenvalue weighted by Gasteiger charge is 2.60. The fourth-order valence-electron chi connectivity index (χ4n) is 4.38. The molecule has 0 aliphatic carbocycles. The summed E-state index contributed by atoms with van der Waals surface area (Å²) in [4.78, 5) is 42.9. The number of para-hydroxylation sites is 1. The molecular weight excluding hydrogens is 446 g/mol. The van der Waals surface area contributed by atoms with Gasteiger partial charge in [0.25, 0.3) is 11.8 Å². The Hall–Kier alpha value is -2.93. The molecule has 4 rings (SSSR count). The Labute approximate surface area is 183 Å². The second-order valence-corrected chi connectivity index (χ2v) is 8.34. The summed E-state index contributed by atoms with van der Waals surface area (Å²) in [5.41, 5.74) is 0.397. The molecular formula is C23H22BrN3O3. The minimum absolute atomic E-state index is 0.160. The molecule has 2 aliphatic rings. The molecule has 0 spiro atoms. The topological polar surface area (TPSA) is 69.7 Å². The van der Waals surface area contributed by atoms with Crippen molar-refractivity contribution < 1.29 is 14.4 Å². The molecule has 2 atom stereocenters. The Kier molecular flexibility index (Phi) is 5.24. The van der Waals surface area contributed by atoms with E-state index in [9.17, 15) is 14.4 Å². The molecule has 30 heavy (non-hydrogen) atoms. The fourth-order valence-corrected chi connectivity index (χ4v) is 5.01. The van der Waals surface area contributed by atoms with Gasteiger partial charge in [0.05, 0.1) is 17.3 Å². The van der Waals surface area contributed by atoms with Crippen LogP contribution in [0.15, 0.2) is 65.7 Å². The molecule has 2 heterocycles. The maximum Gasteiger partial charge on any atom is 0.267 e. The molecule has 7 heteroatoms. The third-order valence-electron chi connectivity index (χ3n) is 5.77. The highest BCUT2D eigenvalue weighted by Crippen LogP contribution is 2.44. The summed E-state index contributed by atoms with van der Waals surface area (Å²) in [5, 5.41) is 3.04. The number of halogens is 1. The molecule has 0 bridgehead atoms. The Balaban J connectivity index is 1.79.